The fourth-order valence-corrected chi connectivity index (χ4v) is 2.61. The molecular weight excluding hydrogens is 320 g/mol. The zero-order valence-electron chi connectivity index (χ0n) is 12.6. The van der Waals surface area contributed by atoms with Gasteiger partial charge in [-0.25, -0.2) is 0 Å². The first-order valence-electron chi connectivity index (χ1n) is 6.31. The van der Waals surface area contributed by atoms with Crippen LogP contribution in [0.25, 0.3) is 0 Å². The van der Waals surface area contributed by atoms with Crippen molar-refractivity contribution < 1.29 is 24.4 Å². The Kier molecular flexibility index (Phi) is 12.4. The van der Waals surface area contributed by atoms with E-state index in [1.807, 2.05) is 0 Å². The third-order valence-corrected chi connectivity index (χ3v) is 6.17. The van der Waals surface area contributed by atoms with Crippen LogP contribution in [0.15, 0.2) is 24.3 Å². The number of carboxylic acid groups (broad SMARTS) is 2. The second-order valence-corrected chi connectivity index (χ2v) is 7.75. The Hall–Kier alpha value is -0.270. The van der Waals surface area contributed by atoms with Crippen molar-refractivity contribution >= 4 is 60.0 Å². The van der Waals surface area contributed by atoms with Crippen LogP contribution in [0, 0.1) is 0 Å². The first-order valence-corrected chi connectivity index (χ1v) is 8.40. The van der Waals surface area contributed by atoms with Crippen molar-refractivity contribution in [3.05, 3.63) is 35.4 Å². The molecule has 0 heterocycles. The minimum Gasteiger partial charge on any atom is -0.545 e. The van der Waals surface area contributed by atoms with Gasteiger partial charge in [0.25, 0.3) is 0 Å². The van der Waals surface area contributed by atoms with Gasteiger partial charge in [-0.1, -0.05) is 39.0 Å². The van der Waals surface area contributed by atoms with E-state index in [4.69, 9.17) is 0 Å². The summed E-state index contributed by atoms with van der Waals surface area (Å²) in [4.78, 5) is 20.5. The fourth-order valence-electron chi connectivity index (χ4n) is 1.39. The van der Waals surface area contributed by atoms with Crippen molar-refractivity contribution in [2.24, 2.45) is 0 Å². The molecule has 21 heavy (non-hydrogen) atoms. The third kappa shape index (κ3) is 8.68. The Morgan fingerprint density at radius 2 is 1.33 bits per heavy atom. The van der Waals surface area contributed by atoms with E-state index in [-0.39, 0.29) is 48.9 Å². The van der Waals surface area contributed by atoms with Gasteiger partial charge in [-0.2, -0.15) is 0 Å². The number of rotatable bonds is 5. The van der Waals surface area contributed by atoms with Crippen LogP contribution in [0.5, 0.6) is 0 Å². The summed E-state index contributed by atoms with van der Waals surface area (Å²) in [6.45, 7) is 6.17. The van der Waals surface area contributed by atoms with Crippen LogP contribution in [0.3, 0.4) is 0 Å². The van der Waals surface area contributed by atoms with Crippen LogP contribution < -0.4 is 10.2 Å². The van der Waals surface area contributed by atoms with Crippen molar-refractivity contribution in [3.63, 3.8) is 0 Å². The first-order chi connectivity index (χ1) is 9.29. The molecule has 0 aliphatic heterocycles. The van der Waals surface area contributed by atoms with Gasteiger partial charge in [0.05, 0.1) is 11.9 Å². The molecule has 0 aliphatic rings. The number of carbonyl (C=O) groups is 2. The quantitative estimate of drug-likeness (QED) is 0.780. The molecule has 0 radical (unpaired) electrons. The smallest absolute Gasteiger partial charge is 0.545 e. The molecule has 0 atom stereocenters. The maximum atomic E-state index is 10.3. The molecule has 1 aromatic rings. The normalized spacial score (nSPS) is 10.7. The van der Waals surface area contributed by atoms with Gasteiger partial charge in [0.2, 0.25) is 0 Å². The Morgan fingerprint density at radius 1 is 1.00 bits per heavy atom. The minimum atomic E-state index is -1.40. The average molecular weight is 340 g/mol. The van der Waals surface area contributed by atoms with E-state index in [1.54, 1.807) is 0 Å². The van der Waals surface area contributed by atoms with Gasteiger partial charge in [-0.05, 0) is 34.5 Å². The second kappa shape index (κ2) is 11.3. The molecule has 0 unspecified atom stereocenters. The number of aromatic carboxylic acids is 2. The average Bonchev–Trinajstić information content (AvgIpc) is 2.47. The van der Waals surface area contributed by atoms with E-state index in [2.05, 4.69) is 20.8 Å². The summed E-state index contributed by atoms with van der Waals surface area (Å²) in [5.74, 6) is 0.0659. The van der Waals surface area contributed by atoms with Gasteiger partial charge < -0.3 is 24.4 Å². The van der Waals surface area contributed by atoms with Crippen molar-refractivity contribution in [3.8, 4) is 0 Å². The molecule has 0 saturated heterocycles. The minimum absolute atomic E-state index is 0. The van der Waals surface area contributed by atoms with E-state index in [0.717, 1.165) is 23.3 Å². The predicted octanol–water partition coefficient (Wildman–Crippen LogP) is 0.357. The molecule has 0 amide bonds. The second-order valence-electron chi connectivity index (χ2n) is 4.02. The fraction of sp³-hybridized carbons (Fsp3) is 0.429. The van der Waals surface area contributed by atoms with E-state index in [0.29, 0.717) is 0 Å². The number of carboxylic acids is 2. The van der Waals surface area contributed by atoms with Crippen molar-refractivity contribution in [2.75, 3.05) is 17.3 Å². The SMILES string of the molecule is CCS(O)(CC)CC.O=C([O-])c1cccc(C(=O)[O-])c1.[Ca+2]. The largest absolute Gasteiger partial charge is 2.00 e. The zero-order valence-corrected chi connectivity index (χ0v) is 15.7. The van der Waals surface area contributed by atoms with Gasteiger partial charge in [0.1, 0.15) is 0 Å². The van der Waals surface area contributed by atoms with Gasteiger partial charge in [0.15, 0.2) is 0 Å². The zero-order chi connectivity index (χ0) is 15.8. The maximum absolute atomic E-state index is 10.3. The molecule has 114 valence electrons. The van der Waals surface area contributed by atoms with Crippen LogP contribution in [0.1, 0.15) is 41.5 Å². The molecule has 5 nitrogen and oxygen atoms in total. The monoisotopic (exact) mass is 340 g/mol. The van der Waals surface area contributed by atoms with Crippen LogP contribution in [-0.4, -0.2) is 71.5 Å². The van der Waals surface area contributed by atoms with Crippen molar-refractivity contribution in [1.82, 2.24) is 0 Å². The molecule has 0 saturated carbocycles. The summed E-state index contributed by atoms with van der Waals surface area (Å²) < 4.78 is 9.52. The van der Waals surface area contributed by atoms with Gasteiger partial charge in [-0.15, -0.1) is 10.3 Å². The topological polar surface area (TPSA) is 100 Å². The Bertz CT molecular complexity index is 423. The molecule has 0 bridgehead atoms. The Balaban J connectivity index is 0. The van der Waals surface area contributed by atoms with Gasteiger partial charge in [-0.3, -0.25) is 0 Å². The number of hydrogen-bond acceptors (Lipinski definition) is 5. The molecule has 0 aromatic heterocycles. The van der Waals surface area contributed by atoms with E-state index < -0.39 is 22.2 Å². The number of hydrogen-bond donors (Lipinski definition) is 1. The molecule has 7 heteroatoms. The maximum Gasteiger partial charge on any atom is 2.00 e. The molecule has 1 rings (SSSR count). The van der Waals surface area contributed by atoms with E-state index in [1.165, 1.54) is 18.2 Å². The van der Waals surface area contributed by atoms with Crippen LogP contribution in [-0.2, 0) is 0 Å². The standard InChI is InChI=1S/C8H6O4.C6H16OS.Ca/c9-7(10)5-2-1-3-6(4-5)8(11)12;1-4-8(7,5-2)6-3;/h1-4H,(H,9,10)(H,11,12);7H,4-6H2,1-3H3;/q;;+2/p-2. The number of carbonyl (C=O) groups excluding carboxylic acids is 2. The van der Waals surface area contributed by atoms with Crippen LogP contribution >= 0.6 is 10.3 Å². The Morgan fingerprint density at radius 3 is 1.52 bits per heavy atom. The summed E-state index contributed by atoms with van der Waals surface area (Å²) in [5, 5.41) is 20.5. The van der Waals surface area contributed by atoms with Crippen molar-refractivity contribution in [1.29, 1.82) is 0 Å². The molecule has 0 aliphatic carbocycles. The molecular formula is C14H20CaO5S. The summed E-state index contributed by atoms with van der Waals surface area (Å²) in [6, 6.07) is 4.81. The van der Waals surface area contributed by atoms with Gasteiger partial charge in [0, 0.05) is 0 Å². The predicted molar refractivity (Wildman–Crippen MR) is 82.7 cm³/mol. The van der Waals surface area contributed by atoms with Gasteiger partial charge >= 0.3 is 37.7 Å². The van der Waals surface area contributed by atoms with E-state index in [9.17, 15) is 24.4 Å². The summed E-state index contributed by atoms with van der Waals surface area (Å²) >= 11 is 0. The summed E-state index contributed by atoms with van der Waals surface area (Å²) in [7, 11) is -1.15. The molecule has 0 spiro atoms. The Labute approximate surface area is 156 Å². The first kappa shape index (κ1) is 23.0. The van der Waals surface area contributed by atoms with E-state index >= 15 is 0 Å². The summed E-state index contributed by atoms with van der Waals surface area (Å²) in [5.41, 5.74) is -0.339. The van der Waals surface area contributed by atoms with Crippen LogP contribution in [0.2, 0.25) is 0 Å². The summed E-state index contributed by atoms with van der Waals surface area (Å²) in [6.07, 6.45) is 0. The number of benzene rings is 1. The molecule has 0 fully saturated rings. The third-order valence-electron chi connectivity index (χ3n) is 2.95. The van der Waals surface area contributed by atoms with Crippen molar-refractivity contribution in [2.45, 2.75) is 20.8 Å². The van der Waals surface area contributed by atoms with Crippen LogP contribution in [0.4, 0.5) is 0 Å². The molecule has 1 N–H and O–H groups in total. The molecule has 1 aromatic carbocycles.